The van der Waals surface area contributed by atoms with Crippen LogP contribution in [0.2, 0.25) is 0 Å². The maximum absolute atomic E-state index is 12.2. The lowest BCUT2D eigenvalue weighted by Crippen LogP contribution is -2.22. The van der Waals surface area contributed by atoms with Crippen molar-refractivity contribution in [2.24, 2.45) is 0 Å². The molecule has 3 N–H and O–H groups in total. The molecule has 1 aromatic carbocycles. The number of anilines is 3. The lowest BCUT2D eigenvalue weighted by molar-refractivity contribution is 0.214. The van der Waals surface area contributed by atoms with Crippen LogP contribution in [0.15, 0.2) is 65.7 Å². The highest BCUT2D eigenvalue weighted by Crippen LogP contribution is 2.20. The SMILES string of the molecule is CN(C)c1ccc(NC(=O)Oc2c(NCc3ccccn3)cc[nH]c2=O)cc1. The van der Waals surface area contributed by atoms with Crippen LogP contribution in [-0.2, 0) is 6.54 Å². The van der Waals surface area contributed by atoms with Crippen molar-refractivity contribution in [3.8, 4) is 5.75 Å². The van der Waals surface area contributed by atoms with Gasteiger partial charge in [-0.3, -0.25) is 15.1 Å². The number of nitrogens with one attached hydrogen (secondary N) is 3. The van der Waals surface area contributed by atoms with E-state index in [1.54, 1.807) is 24.4 Å². The van der Waals surface area contributed by atoms with E-state index in [0.29, 0.717) is 17.9 Å². The minimum absolute atomic E-state index is 0.110. The fourth-order valence-corrected chi connectivity index (χ4v) is 2.47. The molecule has 0 fully saturated rings. The Bertz CT molecular complexity index is 985. The first kappa shape index (κ1) is 19.0. The van der Waals surface area contributed by atoms with E-state index in [0.717, 1.165) is 11.4 Å². The number of rotatable bonds is 6. The molecule has 0 saturated carbocycles. The van der Waals surface area contributed by atoms with Gasteiger partial charge >= 0.3 is 6.09 Å². The fourth-order valence-electron chi connectivity index (χ4n) is 2.47. The molecule has 2 aromatic heterocycles. The summed E-state index contributed by atoms with van der Waals surface area (Å²) in [5.41, 5.74) is 2.24. The van der Waals surface area contributed by atoms with E-state index in [1.807, 2.05) is 49.3 Å². The Morgan fingerprint density at radius 2 is 1.93 bits per heavy atom. The Morgan fingerprint density at radius 1 is 1.14 bits per heavy atom. The van der Waals surface area contributed by atoms with Crippen LogP contribution in [0.25, 0.3) is 0 Å². The van der Waals surface area contributed by atoms with Gasteiger partial charge in [-0.1, -0.05) is 6.07 Å². The van der Waals surface area contributed by atoms with Crippen LogP contribution in [-0.4, -0.2) is 30.2 Å². The number of nitrogens with zero attached hydrogens (tertiary/aromatic N) is 2. The molecule has 0 atom stereocenters. The molecule has 0 aliphatic heterocycles. The first-order valence-electron chi connectivity index (χ1n) is 8.64. The minimum Gasteiger partial charge on any atom is -0.402 e. The van der Waals surface area contributed by atoms with Crippen molar-refractivity contribution < 1.29 is 9.53 Å². The fraction of sp³-hybridized carbons (Fsp3) is 0.150. The number of aromatic nitrogens is 2. The van der Waals surface area contributed by atoms with Gasteiger partial charge in [0.1, 0.15) is 0 Å². The van der Waals surface area contributed by atoms with E-state index in [4.69, 9.17) is 4.74 Å². The second-order valence-electron chi connectivity index (χ2n) is 6.18. The average Bonchev–Trinajstić information content (AvgIpc) is 2.69. The lowest BCUT2D eigenvalue weighted by Gasteiger charge is -2.14. The zero-order valence-electron chi connectivity index (χ0n) is 15.6. The normalized spacial score (nSPS) is 10.2. The van der Waals surface area contributed by atoms with Crippen molar-refractivity contribution in [1.82, 2.24) is 9.97 Å². The van der Waals surface area contributed by atoms with Crippen LogP contribution < -0.4 is 25.8 Å². The second-order valence-corrected chi connectivity index (χ2v) is 6.18. The van der Waals surface area contributed by atoms with Crippen molar-refractivity contribution in [2.75, 3.05) is 29.6 Å². The van der Waals surface area contributed by atoms with Gasteiger partial charge in [0.15, 0.2) is 0 Å². The Morgan fingerprint density at radius 3 is 2.61 bits per heavy atom. The van der Waals surface area contributed by atoms with Gasteiger partial charge in [-0.05, 0) is 42.5 Å². The number of ether oxygens (including phenoxy) is 1. The predicted octanol–water partition coefficient (Wildman–Crippen LogP) is 3.06. The highest BCUT2D eigenvalue weighted by Gasteiger charge is 2.14. The van der Waals surface area contributed by atoms with Crippen LogP contribution in [0, 0.1) is 0 Å². The van der Waals surface area contributed by atoms with E-state index in [9.17, 15) is 9.59 Å². The highest BCUT2D eigenvalue weighted by molar-refractivity contribution is 5.87. The second kappa shape index (κ2) is 8.72. The topological polar surface area (TPSA) is 99.3 Å². The van der Waals surface area contributed by atoms with E-state index in [2.05, 4.69) is 20.6 Å². The summed E-state index contributed by atoms with van der Waals surface area (Å²) >= 11 is 0. The van der Waals surface area contributed by atoms with Crippen LogP contribution in [0.5, 0.6) is 5.75 Å². The monoisotopic (exact) mass is 379 g/mol. The molecule has 3 aromatic rings. The smallest absolute Gasteiger partial charge is 0.402 e. The summed E-state index contributed by atoms with van der Waals surface area (Å²) in [4.78, 5) is 33.0. The van der Waals surface area contributed by atoms with Gasteiger partial charge in [0.25, 0.3) is 5.56 Å². The van der Waals surface area contributed by atoms with Crippen molar-refractivity contribution in [3.05, 3.63) is 77.0 Å². The first-order valence-corrected chi connectivity index (χ1v) is 8.64. The molecular formula is C20H21N5O3. The number of benzene rings is 1. The van der Waals surface area contributed by atoms with Crippen LogP contribution >= 0.6 is 0 Å². The molecular weight excluding hydrogens is 358 g/mol. The summed E-state index contributed by atoms with van der Waals surface area (Å²) in [5.74, 6) is -0.110. The third-order valence-corrected chi connectivity index (χ3v) is 3.93. The van der Waals surface area contributed by atoms with Crippen molar-refractivity contribution in [3.63, 3.8) is 0 Å². The van der Waals surface area contributed by atoms with Crippen molar-refractivity contribution in [1.29, 1.82) is 0 Å². The van der Waals surface area contributed by atoms with Crippen LogP contribution in [0.3, 0.4) is 0 Å². The number of carbonyl (C=O) groups is 1. The maximum Gasteiger partial charge on any atom is 0.417 e. The van der Waals surface area contributed by atoms with E-state index >= 15 is 0 Å². The molecule has 0 aliphatic rings. The average molecular weight is 379 g/mol. The standard InChI is InChI=1S/C20H21N5O3/c1-25(2)16-8-6-14(7-9-16)24-20(27)28-18-17(10-12-22-19(18)26)23-13-15-5-3-4-11-21-15/h3-12H,13H2,1-2H3,(H,24,27)(H2,22,23,26). The zero-order valence-corrected chi connectivity index (χ0v) is 15.6. The zero-order chi connectivity index (χ0) is 19.9. The minimum atomic E-state index is -0.754. The maximum atomic E-state index is 12.2. The summed E-state index contributed by atoms with van der Waals surface area (Å²) < 4.78 is 5.26. The van der Waals surface area contributed by atoms with E-state index < -0.39 is 11.7 Å². The van der Waals surface area contributed by atoms with Gasteiger partial charge in [0.05, 0.1) is 17.9 Å². The summed E-state index contributed by atoms with van der Waals surface area (Å²) in [6.45, 7) is 0.383. The van der Waals surface area contributed by atoms with E-state index in [-0.39, 0.29) is 5.75 Å². The molecule has 2 heterocycles. The third-order valence-electron chi connectivity index (χ3n) is 3.93. The van der Waals surface area contributed by atoms with E-state index in [1.165, 1.54) is 6.20 Å². The summed E-state index contributed by atoms with van der Waals surface area (Å²) in [6.07, 6.45) is 2.41. The third kappa shape index (κ3) is 4.88. The molecule has 0 unspecified atom stereocenters. The first-order chi connectivity index (χ1) is 13.5. The van der Waals surface area contributed by atoms with Gasteiger partial charge in [-0.2, -0.15) is 0 Å². The number of pyridine rings is 2. The molecule has 3 rings (SSSR count). The molecule has 0 radical (unpaired) electrons. The molecule has 144 valence electrons. The van der Waals surface area contributed by atoms with Gasteiger partial charge in [0, 0.05) is 37.9 Å². The summed E-state index contributed by atoms with van der Waals surface area (Å²) in [5, 5.41) is 5.68. The predicted molar refractivity (Wildman–Crippen MR) is 109 cm³/mol. The summed E-state index contributed by atoms with van der Waals surface area (Å²) in [6, 6.07) is 14.4. The van der Waals surface area contributed by atoms with Crippen molar-refractivity contribution >= 4 is 23.2 Å². The van der Waals surface area contributed by atoms with Crippen LogP contribution in [0.4, 0.5) is 21.9 Å². The Labute approximate surface area is 162 Å². The largest absolute Gasteiger partial charge is 0.417 e. The number of H-pyrrole nitrogens is 1. The summed E-state index contributed by atoms with van der Waals surface area (Å²) in [7, 11) is 3.86. The Hall–Kier alpha value is -3.81. The molecule has 0 spiro atoms. The molecule has 0 saturated heterocycles. The van der Waals surface area contributed by atoms with Gasteiger partial charge in [-0.15, -0.1) is 0 Å². The van der Waals surface area contributed by atoms with Gasteiger partial charge in [-0.25, -0.2) is 4.79 Å². The number of hydrogen-bond acceptors (Lipinski definition) is 6. The van der Waals surface area contributed by atoms with Gasteiger partial charge in [0.2, 0.25) is 5.75 Å². The molecule has 0 aliphatic carbocycles. The van der Waals surface area contributed by atoms with Crippen LogP contribution in [0.1, 0.15) is 5.69 Å². The molecule has 1 amide bonds. The number of carbonyl (C=O) groups excluding carboxylic acids is 1. The van der Waals surface area contributed by atoms with Crippen molar-refractivity contribution in [2.45, 2.75) is 6.54 Å². The quantitative estimate of drug-likeness (QED) is 0.609. The molecule has 0 bridgehead atoms. The number of amides is 1. The molecule has 8 heteroatoms. The highest BCUT2D eigenvalue weighted by atomic mass is 16.6. The molecule has 8 nitrogen and oxygen atoms in total. The Kier molecular flexibility index (Phi) is 5.91. The Balaban J connectivity index is 1.69. The lowest BCUT2D eigenvalue weighted by atomic mass is 10.2. The number of aromatic amines is 1. The van der Waals surface area contributed by atoms with Gasteiger partial charge < -0.3 is 19.9 Å². The number of hydrogen-bond donors (Lipinski definition) is 3. The molecule has 28 heavy (non-hydrogen) atoms.